The molecule has 0 aliphatic heterocycles. The molecule has 0 aliphatic carbocycles. The normalized spacial score (nSPS) is 11.7. The topological polar surface area (TPSA) is 81.4 Å². The zero-order valence-corrected chi connectivity index (χ0v) is 13.9. The summed E-state index contributed by atoms with van der Waals surface area (Å²) in [5.74, 6) is -1.86. The molecule has 2 rings (SSSR count). The van der Waals surface area contributed by atoms with Gasteiger partial charge in [-0.25, -0.2) is 9.18 Å². The Morgan fingerprint density at radius 1 is 1.29 bits per heavy atom. The van der Waals surface area contributed by atoms with Gasteiger partial charge in [-0.05, 0) is 43.7 Å². The second-order valence-corrected chi connectivity index (χ2v) is 5.61. The third-order valence-electron chi connectivity index (χ3n) is 3.38. The van der Waals surface area contributed by atoms with Crippen molar-refractivity contribution in [3.63, 3.8) is 0 Å². The maximum atomic E-state index is 13.1. The van der Waals surface area contributed by atoms with Crippen molar-refractivity contribution in [3.8, 4) is 0 Å². The van der Waals surface area contributed by atoms with Crippen molar-refractivity contribution in [3.05, 3.63) is 58.4 Å². The van der Waals surface area contributed by atoms with E-state index in [-0.39, 0.29) is 10.6 Å². The Balaban J connectivity index is 2.04. The van der Waals surface area contributed by atoms with E-state index in [1.807, 2.05) is 0 Å². The minimum atomic E-state index is -1.07. The number of ether oxygens (including phenoxy) is 1. The van der Waals surface area contributed by atoms with Crippen LogP contribution < -0.4 is 11.1 Å². The van der Waals surface area contributed by atoms with Gasteiger partial charge in [0, 0.05) is 11.4 Å². The highest BCUT2D eigenvalue weighted by Gasteiger charge is 2.21. The number of para-hydroxylation sites is 1. The van der Waals surface area contributed by atoms with Crippen molar-refractivity contribution in [1.29, 1.82) is 0 Å². The lowest BCUT2D eigenvalue weighted by atomic mass is 10.1. The van der Waals surface area contributed by atoms with E-state index in [0.717, 1.165) is 11.6 Å². The summed E-state index contributed by atoms with van der Waals surface area (Å²) in [7, 11) is 0. The summed E-state index contributed by atoms with van der Waals surface area (Å²) in [5, 5.41) is 2.37. The highest BCUT2D eigenvalue weighted by Crippen LogP contribution is 2.20. The number of carbonyl (C=O) groups excluding carboxylic acids is 2. The smallest absolute Gasteiger partial charge is 0.341 e. The molecule has 0 saturated heterocycles. The van der Waals surface area contributed by atoms with Gasteiger partial charge in [0.2, 0.25) is 0 Å². The van der Waals surface area contributed by atoms with Gasteiger partial charge < -0.3 is 15.8 Å². The van der Waals surface area contributed by atoms with Crippen LogP contribution in [0.15, 0.2) is 36.4 Å². The number of halogens is 2. The van der Waals surface area contributed by atoms with E-state index in [2.05, 4.69) is 5.32 Å². The molecule has 0 heterocycles. The minimum absolute atomic E-state index is 0.120. The summed E-state index contributed by atoms with van der Waals surface area (Å²) in [6.45, 7) is 3.19. The molecule has 24 heavy (non-hydrogen) atoms. The number of aryl methyl sites for hydroxylation is 1. The number of nitrogens with one attached hydrogen (secondary N) is 1. The van der Waals surface area contributed by atoms with Crippen LogP contribution in [0.5, 0.6) is 0 Å². The molecule has 0 saturated carbocycles. The molecular weight excluding hydrogens is 335 g/mol. The SMILES string of the molecule is Cc1cccc(C(=O)O[C@@H](C)C(=O)Nc2ccc(F)c(Cl)c2)c1N. The number of carbonyl (C=O) groups is 2. The highest BCUT2D eigenvalue weighted by molar-refractivity contribution is 6.31. The number of amides is 1. The molecule has 0 fully saturated rings. The second kappa shape index (κ2) is 7.31. The zero-order chi connectivity index (χ0) is 17.9. The van der Waals surface area contributed by atoms with Crippen molar-refractivity contribution in [2.75, 3.05) is 11.1 Å². The lowest BCUT2D eigenvalue weighted by Crippen LogP contribution is -2.30. The molecule has 1 atom stereocenters. The molecule has 1 amide bonds. The van der Waals surface area contributed by atoms with Crippen molar-refractivity contribution >= 4 is 34.9 Å². The number of hydrogen-bond donors (Lipinski definition) is 2. The maximum absolute atomic E-state index is 13.1. The molecule has 0 spiro atoms. The van der Waals surface area contributed by atoms with Crippen LogP contribution in [0.1, 0.15) is 22.8 Å². The van der Waals surface area contributed by atoms with Crippen molar-refractivity contribution in [2.24, 2.45) is 0 Å². The first-order chi connectivity index (χ1) is 11.3. The number of hydrogen-bond acceptors (Lipinski definition) is 4. The number of nitrogen functional groups attached to an aromatic ring is 1. The van der Waals surface area contributed by atoms with Gasteiger partial charge in [0.15, 0.2) is 6.10 Å². The van der Waals surface area contributed by atoms with Crippen LogP contribution in [0.25, 0.3) is 0 Å². The number of esters is 1. The number of benzene rings is 2. The first kappa shape index (κ1) is 17.7. The summed E-state index contributed by atoms with van der Waals surface area (Å²) in [4.78, 5) is 24.2. The third kappa shape index (κ3) is 4.02. The Bertz CT molecular complexity index is 795. The number of nitrogens with two attached hydrogens (primary N) is 1. The van der Waals surface area contributed by atoms with Gasteiger partial charge >= 0.3 is 5.97 Å². The summed E-state index contributed by atoms with van der Waals surface area (Å²) >= 11 is 5.65. The van der Waals surface area contributed by atoms with Crippen LogP contribution in [0.3, 0.4) is 0 Å². The van der Waals surface area contributed by atoms with E-state index >= 15 is 0 Å². The average molecular weight is 351 g/mol. The van der Waals surface area contributed by atoms with Crippen molar-refractivity contribution in [1.82, 2.24) is 0 Å². The summed E-state index contributed by atoms with van der Waals surface area (Å²) in [6.07, 6.45) is -1.07. The molecule has 0 aliphatic rings. The second-order valence-electron chi connectivity index (χ2n) is 5.20. The van der Waals surface area contributed by atoms with Crippen molar-refractivity contribution < 1.29 is 18.7 Å². The summed E-state index contributed by atoms with van der Waals surface area (Å²) in [6, 6.07) is 8.71. The lowest BCUT2D eigenvalue weighted by Gasteiger charge is -2.15. The molecule has 7 heteroatoms. The van der Waals surface area contributed by atoms with Gasteiger partial charge in [-0.15, -0.1) is 0 Å². The molecule has 2 aromatic rings. The van der Waals surface area contributed by atoms with Crippen LogP contribution in [-0.2, 0) is 9.53 Å². The summed E-state index contributed by atoms with van der Waals surface area (Å²) in [5.41, 5.74) is 7.37. The van der Waals surface area contributed by atoms with Gasteiger partial charge in [0.25, 0.3) is 5.91 Å². The Labute approximate surface area is 143 Å². The predicted octanol–water partition coefficient (Wildman–Crippen LogP) is 3.55. The fourth-order valence-electron chi connectivity index (χ4n) is 1.95. The van der Waals surface area contributed by atoms with Gasteiger partial charge in [-0.1, -0.05) is 23.7 Å². The number of anilines is 2. The molecule has 0 bridgehead atoms. The Morgan fingerprint density at radius 3 is 2.67 bits per heavy atom. The van der Waals surface area contributed by atoms with Gasteiger partial charge in [-0.2, -0.15) is 0 Å². The summed E-state index contributed by atoms with van der Waals surface area (Å²) < 4.78 is 18.2. The molecule has 2 aromatic carbocycles. The molecule has 5 nitrogen and oxygen atoms in total. The van der Waals surface area contributed by atoms with E-state index in [4.69, 9.17) is 22.1 Å². The van der Waals surface area contributed by atoms with Crippen molar-refractivity contribution in [2.45, 2.75) is 20.0 Å². The van der Waals surface area contributed by atoms with E-state index in [0.29, 0.717) is 11.4 Å². The Kier molecular flexibility index (Phi) is 5.41. The molecule has 0 aromatic heterocycles. The third-order valence-corrected chi connectivity index (χ3v) is 3.67. The molecule has 0 radical (unpaired) electrons. The van der Waals surface area contributed by atoms with Crippen LogP contribution in [0.4, 0.5) is 15.8 Å². The average Bonchev–Trinajstić information content (AvgIpc) is 2.53. The molecule has 126 valence electrons. The maximum Gasteiger partial charge on any atom is 0.341 e. The predicted molar refractivity (Wildman–Crippen MR) is 90.5 cm³/mol. The van der Waals surface area contributed by atoms with Crippen LogP contribution in [-0.4, -0.2) is 18.0 Å². The lowest BCUT2D eigenvalue weighted by molar-refractivity contribution is -0.123. The van der Waals surface area contributed by atoms with Gasteiger partial charge in [0.05, 0.1) is 10.6 Å². The minimum Gasteiger partial charge on any atom is -0.449 e. The first-order valence-corrected chi connectivity index (χ1v) is 7.49. The van der Waals surface area contributed by atoms with Crippen LogP contribution in [0, 0.1) is 12.7 Å². The molecule has 3 N–H and O–H groups in total. The standard InChI is InChI=1S/C17H16ClFN2O3/c1-9-4-3-5-12(15(9)20)17(23)24-10(2)16(22)21-11-6-7-14(19)13(18)8-11/h3-8,10H,20H2,1-2H3,(H,21,22)/t10-/m0/s1. The quantitative estimate of drug-likeness (QED) is 0.652. The Hall–Kier alpha value is -2.60. The monoisotopic (exact) mass is 350 g/mol. The molecular formula is C17H16ClFN2O3. The van der Waals surface area contributed by atoms with E-state index in [1.54, 1.807) is 19.1 Å². The first-order valence-electron chi connectivity index (χ1n) is 7.11. The van der Waals surface area contributed by atoms with Gasteiger partial charge in [0.1, 0.15) is 5.82 Å². The van der Waals surface area contributed by atoms with Crippen LogP contribution >= 0.6 is 11.6 Å². The fraction of sp³-hybridized carbons (Fsp3) is 0.176. The zero-order valence-electron chi connectivity index (χ0n) is 13.1. The Morgan fingerprint density at radius 2 is 2.00 bits per heavy atom. The fourth-order valence-corrected chi connectivity index (χ4v) is 2.13. The van der Waals surface area contributed by atoms with E-state index < -0.39 is 23.8 Å². The molecule has 0 unspecified atom stereocenters. The largest absolute Gasteiger partial charge is 0.449 e. The van der Waals surface area contributed by atoms with E-state index in [9.17, 15) is 14.0 Å². The number of rotatable bonds is 4. The van der Waals surface area contributed by atoms with Gasteiger partial charge in [-0.3, -0.25) is 4.79 Å². The van der Waals surface area contributed by atoms with E-state index in [1.165, 1.54) is 25.1 Å². The van der Waals surface area contributed by atoms with Crippen LogP contribution in [0.2, 0.25) is 5.02 Å². The highest BCUT2D eigenvalue weighted by atomic mass is 35.5.